The van der Waals surface area contributed by atoms with E-state index in [4.69, 9.17) is 16.3 Å². The van der Waals surface area contributed by atoms with Gasteiger partial charge >= 0.3 is 0 Å². The lowest BCUT2D eigenvalue weighted by Crippen LogP contribution is -2.29. The summed E-state index contributed by atoms with van der Waals surface area (Å²) in [5.74, 6) is -1.34. The lowest BCUT2D eigenvalue weighted by Gasteiger charge is -2.25. The lowest BCUT2D eigenvalue weighted by atomic mass is 9.95. The molecule has 1 unspecified atom stereocenters. The van der Waals surface area contributed by atoms with Crippen LogP contribution in [0.3, 0.4) is 0 Å². The molecule has 156 valence electrons. The number of ether oxygens (including phenoxy) is 1. The number of aliphatic hydroxyl groups is 1. The normalized spacial score (nSPS) is 17.7. The van der Waals surface area contributed by atoms with Crippen molar-refractivity contribution in [1.29, 1.82) is 0 Å². The highest BCUT2D eigenvalue weighted by atomic mass is 35.5. The molecule has 2 aromatic carbocycles. The number of likely N-dealkylation sites (tertiary alicyclic amines) is 1. The number of halogens is 1. The van der Waals surface area contributed by atoms with Crippen molar-refractivity contribution >= 4 is 29.1 Å². The number of carbonyl (C=O) groups is 2. The van der Waals surface area contributed by atoms with E-state index in [1.54, 1.807) is 30.6 Å². The van der Waals surface area contributed by atoms with Gasteiger partial charge < -0.3 is 14.7 Å². The van der Waals surface area contributed by atoms with Crippen LogP contribution in [0.15, 0.2) is 78.6 Å². The highest BCUT2D eigenvalue weighted by molar-refractivity contribution is 6.47. The molecule has 1 fully saturated rings. The van der Waals surface area contributed by atoms with Crippen LogP contribution in [-0.2, 0) is 16.1 Å². The second-order valence-electron chi connectivity index (χ2n) is 7.04. The zero-order valence-electron chi connectivity index (χ0n) is 16.7. The van der Waals surface area contributed by atoms with Gasteiger partial charge in [-0.15, -0.1) is 0 Å². The van der Waals surface area contributed by atoms with Gasteiger partial charge in [0.2, 0.25) is 0 Å². The number of nitrogens with zero attached hydrogens (tertiary/aromatic N) is 2. The summed E-state index contributed by atoms with van der Waals surface area (Å²) in [6, 6.07) is 16.7. The number of methoxy groups -OCH3 is 1. The highest BCUT2D eigenvalue weighted by Crippen LogP contribution is 2.41. The van der Waals surface area contributed by atoms with Crippen LogP contribution < -0.4 is 4.74 Å². The number of pyridine rings is 1. The third-order valence-corrected chi connectivity index (χ3v) is 5.49. The highest BCUT2D eigenvalue weighted by Gasteiger charge is 2.46. The van der Waals surface area contributed by atoms with Gasteiger partial charge in [0.1, 0.15) is 11.5 Å². The van der Waals surface area contributed by atoms with Crippen molar-refractivity contribution in [2.24, 2.45) is 0 Å². The average molecular weight is 435 g/mol. The van der Waals surface area contributed by atoms with Gasteiger partial charge in [-0.05, 0) is 35.4 Å². The molecule has 0 bridgehead atoms. The molecule has 0 spiro atoms. The van der Waals surface area contributed by atoms with E-state index in [-0.39, 0.29) is 28.5 Å². The number of carbonyl (C=O) groups excluding carboxylic acids is 2. The number of hydrogen-bond donors (Lipinski definition) is 1. The molecule has 0 saturated carbocycles. The molecule has 1 aliphatic rings. The molecule has 0 aliphatic carbocycles. The fourth-order valence-electron chi connectivity index (χ4n) is 3.67. The Balaban J connectivity index is 1.89. The Hall–Kier alpha value is -3.64. The summed E-state index contributed by atoms with van der Waals surface area (Å²) in [5, 5.41) is 11.4. The first-order chi connectivity index (χ1) is 15.0. The number of aromatic nitrogens is 1. The number of amides is 1. The first kappa shape index (κ1) is 20.6. The van der Waals surface area contributed by atoms with Crippen molar-refractivity contribution in [2.45, 2.75) is 12.6 Å². The molecule has 1 N–H and O–H groups in total. The van der Waals surface area contributed by atoms with Crippen LogP contribution >= 0.6 is 11.6 Å². The first-order valence-corrected chi connectivity index (χ1v) is 9.95. The van der Waals surface area contributed by atoms with Gasteiger partial charge in [0.25, 0.3) is 11.7 Å². The minimum absolute atomic E-state index is 0.0183. The van der Waals surface area contributed by atoms with Crippen LogP contribution in [0.1, 0.15) is 22.7 Å². The van der Waals surface area contributed by atoms with E-state index >= 15 is 0 Å². The third-order valence-electron chi connectivity index (χ3n) is 5.16. The average Bonchev–Trinajstić information content (AvgIpc) is 3.05. The molecular weight excluding hydrogens is 416 g/mol. The van der Waals surface area contributed by atoms with Gasteiger partial charge in [-0.3, -0.25) is 14.6 Å². The van der Waals surface area contributed by atoms with Crippen LogP contribution in [-0.4, -0.2) is 33.8 Å². The fourth-order valence-corrected chi connectivity index (χ4v) is 3.88. The predicted molar refractivity (Wildman–Crippen MR) is 117 cm³/mol. The maximum atomic E-state index is 13.1. The smallest absolute Gasteiger partial charge is 0.295 e. The SMILES string of the molecule is COc1ccc(Cl)c(/C(O)=C2\C(=O)C(=O)N(Cc3cccnc3)C2c2ccccc2)c1. The van der Waals surface area contributed by atoms with Crippen molar-refractivity contribution in [3.05, 3.63) is 100 Å². The summed E-state index contributed by atoms with van der Waals surface area (Å²) < 4.78 is 5.22. The summed E-state index contributed by atoms with van der Waals surface area (Å²) in [7, 11) is 1.49. The van der Waals surface area contributed by atoms with Crippen molar-refractivity contribution < 1.29 is 19.4 Å². The van der Waals surface area contributed by atoms with Gasteiger partial charge in [0.15, 0.2) is 0 Å². The Morgan fingerprint density at radius 2 is 1.90 bits per heavy atom. The summed E-state index contributed by atoms with van der Waals surface area (Å²) >= 11 is 6.30. The maximum absolute atomic E-state index is 13.1. The second kappa shape index (κ2) is 8.62. The molecule has 1 aliphatic heterocycles. The number of benzene rings is 2. The minimum Gasteiger partial charge on any atom is -0.507 e. The van der Waals surface area contributed by atoms with E-state index in [1.165, 1.54) is 18.1 Å². The molecule has 2 heterocycles. The second-order valence-corrected chi connectivity index (χ2v) is 7.45. The molecule has 1 atom stereocenters. The van der Waals surface area contributed by atoms with Crippen LogP contribution in [0.25, 0.3) is 5.76 Å². The van der Waals surface area contributed by atoms with E-state index in [2.05, 4.69) is 4.98 Å². The number of ketones is 1. The van der Waals surface area contributed by atoms with Gasteiger partial charge in [-0.1, -0.05) is 48.0 Å². The van der Waals surface area contributed by atoms with Gasteiger partial charge in [-0.25, -0.2) is 0 Å². The Bertz CT molecular complexity index is 1160. The van der Waals surface area contributed by atoms with Crippen LogP contribution in [0.4, 0.5) is 0 Å². The summed E-state index contributed by atoms with van der Waals surface area (Å²) in [6.45, 7) is 0.167. The van der Waals surface area contributed by atoms with Crippen molar-refractivity contribution in [3.8, 4) is 5.75 Å². The Labute approximate surface area is 184 Å². The Morgan fingerprint density at radius 1 is 1.13 bits per heavy atom. The van der Waals surface area contributed by atoms with Crippen LogP contribution in [0.5, 0.6) is 5.75 Å². The van der Waals surface area contributed by atoms with Gasteiger partial charge in [0.05, 0.1) is 23.7 Å². The van der Waals surface area contributed by atoms with Crippen LogP contribution in [0.2, 0.25) is 5.02 Å². The molecule has 1 amide bonds. The Morgan fingerprint density at radius 3 is 2.58 bits per heavy atom. The Kier molecular flexibility index (Phi) is 5.73. The topological polar surface area (TPSA) is 79.7 Å². The van der Waals surface area contributed by atoms with Crippen LogP contribution in [0, 0.1) is 0 Å². The quantitative estimate of drug-likeness (QED) is 0.366. The zero-order chi connectivity index (χ0) is 22.0. The molecule has 0 radical (unpaired) electrons. The summed E-state index contributed by atoms with van der Waals surface area (Å²) in [4.78, 5) is 31.6. The van der Waals surface area contributed by atoms with E-state index in [1.807, 2.05) is 36.4 Å². The number of hydrogen-bond acceptors (Lipinski definition) is 5. The molecule has 31 heavy (non-hydrogen) atoms. The molecule has 3 aromatic rings. The monoisotopic (exact) mass is 434 g/mol. The van der Waals surface area contributed by atoms with Crippen molar-refractivity contribution in [2.75, 3.05) is 7.11 Å². The minimum atomic E-state index is -0.774. The number of Topliss-reactive ketones (excluding diaryl/α,β-unsaturated/α-hetero) is 1. The predicted octanol–water partition coefficient (Wildman–Crippen LogP) is 4.37. The standard InChI is InChI=1S/C24H19ClN2O4/c1-31-17-9-10-19(25)18(12-17)22(28)20-21(16-7-3-2-4-8-16)27(24(30)23(20)29)14-15-6-5-11-26-13-15/h2-13,21,28H,14H2,1H3/b22-20+. The third kappa shape index (κ3) is 3.90. The molecule has 1 aromatic heterocycles. The molecule has 6 nitrogen and oxygen atoms in total. The van der Waals surface area contributed by atoms with Gasteiger partial charge in [-0.2, -0.15) is 0 Å². The molecule has 1 saturated heterocycles. The maximum Gasteiger partial charge on any atom is 0.295 e. The first-order valence-electron chi connectivity index (χ1n) is 9.57. The van der Waals surface area contributed by atoms with Crippen molar-refractivity contribution in [1.82, 2.24) is 9.88 Å². The van der Waals surface area contributed by atoms with Gasteiger partial charge in [0, 0.05) is 24.5 Å². The fraction of sp³-hybridized carbons (Fsp3) is 0.125. The van der Waals surface area contributed by atoms with E-state index in [9.17, 15) is 14.7 Å². The number of aliphatic hydroxyl groups excluding tert-OH is 1. The van der Waals surface area contributed by atoms with E-state index in [0.29, 0.717) is 11.3 Å². The summed E-state index contributed by atoms with van der Waals surface area (Å²) in [6.07, 6.45) is 3.28. The van der Waals surface area contributed by atoms with Crippen molar-refractivity contribution in [3.63, 3.8) is 0 Å². The molecular formula is C24H19ClN2O4. The molecule has 7 heteroatoms. The largest absolute Gasteiger partial charge is 0.507 e. The van der Waals surface area contributed by atoms with E-state index in [0.717, 1.165) is 5.56 Å². The lowest BCUT2D eigenvalue weighted by molar-refractivity contribution is -0.140. The zero-order valence-corrected chi connectivity index (χ0v) is 17.4. The number of rotatable bonds is 5. The molecule has 4 rings (SSSR count). The van der Waals surface area contributed by atoms with E-state index < -0.39 is 17.7 Å². The summed E-state index contributed by atoms with van der Waals surface area (Å²) in [5.41, 5.74) is 1.67.